The summed E-state index contributed by atoms with van der Waals surface area (Å²) in [5.41, 5.74) is 1.07. The van der Waals surface area contributed by atoms with E-state index in [1.165, 1.54) is 15.9 Å². The van der Waals surface area contributed by atoms with Gasteiger partial charge in [-0.25, -0.2) is 0 Å². The topological polar surface area (TPSA) is 79.3 Å². The molecule has 1 aliphatic rings. The van der Waals surface area contributed by atoms with E-state index in [1.807, 2.05) is 18.2 Å². The summed E-state index contributed by atoms with van der Waals surface area (Å²) in [6, 6.07) is 11.5. The number of benzene rings is 1. The molecule has 1 fully saturated rings. The third-order valence-corrected chi connectivity index (χ3v) is 6.57. The molecular weight excluding hydrogens is 402 g/mol. The van der Waals surface area contributed by atoms with Gasteiger partial charge in [0.15, 0.2) is 5.76 Å². The Morgan fingerprint density at radius 1 is 1.17 bits per heavy atom. The van der Waals surface area contributed by atoms with Gasteiger partial charge in [-0.1, -0.05) is 23.5 Å². The SMILES string of the molecule is COc1cccc([C@H](c2sc3nc(-c4ccco4)nn3c2O)N2CCN(C)CC2)c1. The number of furan rings is 1. The maximum absolute atomic E-state index is 11.1. The van der Waals surface area contributed by atoms with Crippen molar-refractivity contribution in [3.05, 3.63) is 53.1 Å². The lowest BCUT2D eigenvalue weighted by atomic mass is 10.0. The second kappa shape index (κ2) is 7.75. The largest absolute Gasteiger partial charge is 0.497 e. The summed E-state index contributed by atoms with van der Waals surface area (Å²) in [6.45, 7) is 3.77. The minimum Gasteiger partial charge on any atom is -0.497 e. The number of fused-ring (bicyclic) bond motifs is 1. The average molecular weight is 426 g/mol. The number of hydrogen-bond acceptors (Lipinski definition) is 8. The summed E-state index contributed by atoms with van der Waals surface area (Å²) in [7, 11) is 3.80. The van der Waals surface area contributed by atoms with Crippen LogP contribution < -0.4 is 4.74 Å². The van der Waals surface area contributed by atoms with E-state index in [-0.39, 0.29) is 11.9 Å². The van der Waals surface area contributed by atoms with Crippen LogP contribution in [0.5, 0.6) is 11.6 Å². The van der Waals surface area contributed by atoms with Gasteiger partial charge in [0.2, 0.25) is 16.7 Å². The van der Waals surface area contributed by atoms with E-state index in [1.54, 1.807) is 25.5 Å². The minimum atomic E-state index is -0.102. The molecule has 0 bridgehead atoms. The molecule has 0 radical (unpaired) electrons. The number of aromatic nitrogens is 3. The van der Waals surface area contributed by atoms with E-state index in [0.29, 0.717) is 16.5 Å². The highest BCUT2D eigenvalue weighted by atomic mass is 32.1. The zero-order valence-corrected chi connectivity index (χ0v) is 17.7. The predicted octanol–water partition coefficient (Wildman–Crippen LogP) is 3.10. The van der Waals surface area contributed by atoms with Gasteiger partial charge in [-0.15, -0.1) is 5.10 Å². The van der Waals surface area contributed by atoms with Crippen molar-refractivity contribution in [2.45, 2.75) is 6.04 Å². The van der Waals surface area contributed by atoms with Gasteiger partial charge in [-0.3, -0.25) is 4.90 Å². The van der Waals surface area contributed by atoms with E-state index in [0.717, 1.165) is 42.4 Å². The van der Waals surface area contributed by atoms with E-state index < -0.39 is 0 Å². The molecular formula is C21H23N5O3S. The van der Waals surface area contributed by atoms with Crippen molar-refractivity contribution in [1.29, 1.82) is 0 Å². The van der Waals surface area contributed by atoms with Gasteiger partial charge in [0.25, 0.3) is 0 Å². The second-order valence-electron chi connectivity index (χ2n) is 7.42. The first-order chi connectivity index (χ1) is 14.6. The number of hydrogen-bond donors (Lipinski definition) is 1. The highest BCUT2D eigenvalue weighted by molar-refractivity contribution is 7.17. The van der Waals surface area contributed by atoms with Crippen LogP contribution in [0.1, 0.15) is 16.5 Å². The van der Waals surface area contributed by atoms with Crippen LogP contribution in [0.15, 0.2) is 47.1 Å². The van der Waals surface area contributed by atoms with E-state index in [4.69, 9.17) is 9.15 Å². The molecule has 0 spiro atoms. The zero-order valence-electron chi connectivity index (χ0n) is 16.9. The molecule has 0 unspecified atom stereocenters. The van der Waals surface area contributed by atoms with Gasteiger partial charge >= 0.3 is 0 Å². The molecule has 1 atom stereocenters. The van der Waals surface area contributed by atoms with Crippen molar-refractivity contribution >= 4 is 16.3 Å². The standard InChI is InChI=1S/C21H23N5O3S/c1-24-8-10-25(11-9-24)17(14-5-3-6-15(13-14)28-2)18-20(27)26-21(30-18)22-19(23-26)16-7-4-12-29-16/h3-7,12-13,17,27H,8-11H2,1-2H3/t17-/m1/s1. The van der Waals surface area contributed by atoms with E-state index in [9.17, 15) is 5.11 Å². The number of piperazine rings is 1. The molecule has 1 N–H and O–H groups in total. The van der Waals surface area contributed by atoms with Crippen molar-refractivity contribution in [2.75, 3.05) is 40.3 Å². The van der Waals surface area contributed by atoms with Gasteiger partial charge in [-0.2, -0.15) is 9.50 Å². The van der Waals surface area contributed by atoms with Crippen molar-refractivity contribution in [3.8, 4) is 23.2 Å². The molecule has 5 rings (SSSR count). The average Bonchev–Trinajstić information content (AvgIpc) is 3.49. The van der Waals surface area contributed by atoms with Crippen molar-refractivity contribution in [3.63, 3.8) is 0 Å². The first kappa shape index (κ1) is 19.1. The van der Waals surface area contributed by atoms with Crippen LogP contribution in [0, 0.1) is 0 Å². The van der Waals surface area contributed by atoms with Crippen LogP contribution in [-0.4, -0.2) is 69.8 Å². The summed E-state index contributed by atoms with van der Waals surface area (Å²) >= 11 is 1.45. The maximum atomic E-state index is 11.1. The summed E-state index contributed by atoms with van der Waals surface area (Å²) in [5.74, 6) is 1.96. The van der Waals surface area contributed by atoms with Crippen molar-refractivity contribution < 1.29 is 14.3 Å². The minimum absolute atomic E-state index is 0.102. The highest BCUT2D eigenvalue weighted by Gasteiger charge is 2.31. The molecule has 8 nitrogen and oxygen atoms in total. The Hall–Kier alpha value is -2.88. The Bertz CT molecular complexity index is 1150. The summed E-state index contributed by atoms with van der Waals surface area (Å²) in [6.07, 6.45) is 1.59. The lowest BCUT2D eigenvalue weighted by Crippen LogP contribution is -2.46. The number of rotatable bonds is 5. The summed E-state index contributed by atoms with van der Waals surface area (Å²) < 4.78 is 12.3. The Morgan fingerprint density at radius 2 is 2.00 bits per heavy atom. The molecule has 0 amide bonds. The van der Waals surface area contributed by atoms with Gasteiger partial charge in [0, 0.05) is 26.2 Å². The Kier molecular flexibility index (Phi) is 4.93. The molecule has 1 aliphatic heterocycles. The maximum Gasteiger partial charge on any atom is 0.230 e. The second-order valence-corrected chi connectivity index (χ2v) is 8.42. The Labute approximate surface area is 177 Å². The molecule has 9 heteroatoms. The molecule has 0 aliphatic carbocycles. The van der Waals surface area contributed by atoms with E-state index in [2.05, 4.69) is 33.0 Å². The molecule has 4 heterocycles. The molecule has 4 aromatic rings. The normalized spacial score (nSPS) is 16.9. The quantitative estimate of drug-likeness (QED) is 0.526. The number of methoxy groups -OCH3 is 1. The van der Waals surface area contributed by atoms with Gasteiger partial charge in [0.1, 0.15) is 5.75 Å². The summed E-state index contributed by atoms with van der Waals surface area (Å²) in [5, 5.41) is 15.6. The Morgan fingerprint density at radius 3 is 2.70 bits per heavy atom. The number of ether oxygens (including phenoxy) is 1. The van der Waals surface area contributed by atoms with Gasteiger partial charge < -0.3 is 19.2 Å². The zero-order chi connectivity index (χ0) is 20.7. The number of nitrogens with zero attached hydrogens (tertiary/aromatic N) is 5. The summed E-state index contributed by atoms with van der Waals surface area (Å²) in [4.78, 5) is 10.7. The lowest BCUT2D eigenvalue weighted by molar-refractivity contribution is 0.127. The molecule has 1 saturated heterocycles. The molecule has 1 aromatic carbocycles. The monoisotopic (exact) mass is 425 g/mol. The van der Waals surface area contributed by atoms with Crippen LogP contribution >= 0.6 is 11.3 Å². The van der Waals surface area contributed by atoms with Crippen molar-refractivity contribution in [1.82, 2.24) is 24.4 Å². The number of thiazole rings is 1. The molecule has 30 heavy (non-hydrogen) atoms. The van der Waals surface area contributed by atoms with Gasteiger partial charge in [-0.05, 0) is 36.9 Å². The fourth-order valence-corrected chi connectivity index (χ4v) is 4.98. The van der Waals surface area contributed by atoms with Gasteiger partial charge in [0.05, 0.1) is 24.3 Å². The van der Waals surface area contributed by atoms with Crippen LogP contribution in [-0.2, 0) is 0 Å². The fraction of sp³-hybridized carbons (Fsp3) is 0.333. The molecule has 3 aromatic heterocycles. The first-order valence-electron chi connectivity index (χ1n) is 9.83. The molecule has 0 saturated carbocycles. The van der Waals surface area contributed by atoms with E-state index >= 15 is 0 Å². The number of likely N-dealkylation sites (N-methyl/N-ethyl adjacent to an activating group) is 1. The number of aromatic hydroxyl groups is 1. The predicted molar refractivity (Wildman–Crippen MR) is 114 cm³/mol. The fourth-order valence-electron chi connectivity index (χ4n) is 3.86. The van der Waals surface area contributed by atoms with Crippen LogP contribution in [0.2, 0.25) is 0 Å². The van der Waals surface area contributed by atoms with Crippen LogP contribution in [0.25, 0.3) is 16.5 Å². The smallest absolute Gasteiger partial charge is 0.230 e. The van der Waals surface area contributed by atoms with Crippen LogP contribution in [0.4, 0.5) is 0 Å². The third-order valence-electron chi connectivity index (χ3n) is 5.50. The first-order valence-corrected chi connectivity index (χ1v) is 10.6. The lowest BCUT2D eigenvalue weighted by Gasteiger charge is -2.37. The van der Waals surface area contributed by atoms with Crippen molar-refractivity contribution in [2.24, 2.45) is 0 Å². The Balaban J connectivity index is 1.58. The third kappa shape index (κ3) is 3.34. The molecule has 156 valence electrons. The van der Waals surface area contributed by atoms with Crippen LogP contribution in [0.3, 0.4) is 0 Å². The highest BCUT2D eigenvalue weighted by Crippen LogP contribution is 2.41.